The number of benzene rings is 5. The van der Waals surface area contributed by atoms with Crippen molar-refractivity contribution >= 4 is 24.2 Å². The molecule has 0 saturated heterocycles. The van der Waals surface area contributed by atoms with Crippen LogP contribution in [0.5, 0.6) is 0 Å². The summed E-state index contributed by atoms with van der Waals surface area (Å²) < 4.78 is 6.34. The Morgan fingerprint density at radius 3 is 1.82 bits per heavy atom. The molecular formula is C51H56O4. The first kappa shape index (κ1) is 39.7. The third kappa shape index (κ3) is 12.0. The lowest BCUT2D eigenvalue weighted by Crippen LogP contribution is -2.21. The molecule has 0 bridgehead atoms. The average Bonchev–Trinajstić information content (AvgIpc) is 3.25. The summed E-state index contributed by atoms with van der Waals surface area (Å²) >= 11 is 0. The Bertz CT molecular complexity index is 1890. The Morgan fingerprint density at radius 1 is 0.655 bits per heavy atom. The van der Waals surface area contributed by atoms with Crippen LogP contribution >= 0.6 is 0 Å². The summed E-state index contributed by atoms with van der Waals surface area (Å²) in [5, 5.41) is 0. The van der Waals surface area contributed by atoms with E-state index in [0.29, 0.717) is 11.5 Å². The van der Waals surface area contributed by atoms with Crippen molar-refractivity contribution in [2.45, 2.75) is 95.9 Å². The van der Waals surface area contributed by atoms with E-state index in [1.165, 1.54) is 69.8 Å². The van der Waals surface area contributed by atoms with E-state index in [2.05, 4.69) is 74.2 Å². The molecular weight excluding hydrogens is 677 g/mol. The minimum Gasteiger partial charge on any atom is -0.451 e. The molecule has 5 aromatic rings. The molecule has 0 spiro atoms. The number of ether oxygens (including phenoxy) is 1. The van der Waals surface area contributed by atoms with Gasteiger partial charge in [-0.05, 0) is 88.6 Å². The molecule has 55 heavy (non-hydrogen) atoms. The Morgan fingerprint density at radius 2 is 1.22 bits per heavy atom. The van der Waals surface area contributed by atoms with Gasteiger partial charge in [0.2, 0.25) is 0 Å². The minimum absolute atomic E-state index is 0.230. The molecule has 1 aliphatic rings. The Hall–Kier alpha value is -5.03. The van der Waals surface area contributed by atoms with Gasteiger partial charge in [-0.3, -0.25) is 0 Å². The quantitative estimate of drug-likeness (QED) is 0.0279. The lowest BCUT2D eigenvalue weighted by molar-refractivity contribution is -0.350. The fourth-order valence-corrected chi connectivity index (χ4v) is 7.60. The van der Waals surface area contributed by atoms with E-state index in [4.69, 9.17) is 14.5 Å². The molecule has 0 heterocycles. The largest absolute Gasteiger partial charge is 0.451 e. The third-order valence-corrected chi connectivity index (χ3v) is 11.0. The molecule has 5 aromatic carbocycles. The number of carbonyl (C=O) groups is 1. The van der Waals surface area contributed by atoms with Gasteiger partial charge in [-0.15, -0.1) is 0 Å². The molecule has 0 amide bonds. The SMILES string of the molecule is C=Cc1ccc(/C=C/c2ccc(COO[C@@H](c3ccccc3)[C@@H](OC(=O)c3ccc(C4CCC(CCCCCCC)CC4)cc3)c3ccccc3)cc2)cc1. The van der Waals surface area contributed by atoms with Crippen molar-refractivity contribution < 1.29 is 19.3 Å². The van der Waals surface area contributed by atoms with Crippen LogP contribution in [-0.2, 0) is 21.1 Å². The van der Waals surface area contributed by atoms with Crippen LogP contribution in [-0.4, -0.2) is 5.97 Å². The standard InChI is InChI=1S/C51H56O4/c1-3-5-6-7-10-15-40-30-32-44(33-31-40)45-34-36-48(37-35-45)51(52)54-49(46-16-11-8-12-17-46)50(47-18-13-9-14-19-47)55-53-38-43-28-26-42(27-29-43)25-24-41-22-20-39(4-2)21-23-41/h4,8-9,11-14,16-29,34-37,40,44,49-50H,2-3,5-7,10,15,30-33,38H2,1H3/b25-24+/t40?,44?,49-,50-/m0/s1. The first-order chi connectivity index (χ1) is 27.1. The smallest absolute Gasteiger partial charge is 0.338 e. The highest BCUT2D eigenvalue weighted by molar-refractivity contribution is 5.89. The molecule has 2 atom stereocenters. The first-order valence-electron chi connectivity index (χ1n) is 20.3. The molecule has 284 valence electrons. The highest BCUT2D eigenvalue weighted by Crippen LogP contribution is 2.39. The van der Waals surface area contributed by atoms with E-state index in [0.717, 1.165) is 39.3 Å². The van der Waals surface area contributed by atoms with Gasteiger partial charge in [0.1, 0.15) is 6.61 Å². The molecule has 0 aliphatic heterocycles. The van der Waals surface area contributed by atoms with Crippen LogP contribution < -0.4 is 0 Å². The molecule has 4 heteroatoms. The third-order valence-electron chi connectivity index (χ3n) is 11.0. The monoisotopic (exact) mass is 732 g/mol. The summed E-state index contributed by atoms with van der Waals surface area (Å²) in [7, 11) is 0. The average molecular weight is 733 g/mol. The van der Waals surface area contributed by atoms with E-state index in [1.54, 1.807) is 0 Å². The lowest BCUT2D eigenvalue weighted by Gasteiger charge is -2.29. The molecule has 1 aliphatic carbocycles. The summed E-state index contributed by atoms with van der Waals surface area (Å²) in [5.41, 5.74) is 7.78. The predicted molar refractivity (Wildman–Crippen MR) is 226 cm³/mol. The normalized spacial score (nSPS) is 16.7. The summed E-state index contributed by atoms with van der Waals surface area (Å²) in [6, 6.07) is 44.1. The number of hydrogen-bond acceptors (Lipinski definition) is 4. The fourth-order valence-electron chi connectivity index (χ4n) is 7.60. The molecule has 0 aromatic heterocycles. The molecule has 0 unspecified atom stereocenters. The van der Waals surface area contributed by atoms with Gasteiger partial charge >= 0.3 is 5.97 Å². The zero-order chi connectivity index (χ0) is 38.1. The molecule has 1 saturated carbocycles. The van der Waals surface area contributed by atoms with Gasteiger partial charge in [0.25, 0.3) is 0 Å². The van der Waals surface area contributed by atoms with Crippen LogP contribution in [0.2, 0.25) is 0 Å². The number of hydrogen-bond donors (Lipinski definition) is 0. The summed E-state index contributed by atoms with van der Waals surface area (Å²) in [5.74, 6) is 1.03. The zero-order valence-corrected chi connectivity index (χ0v) is 32.4. The van der Waals surface area contributed by atoms with E-state index in [9.17, 15) is 4.79 Å². The van der Waals surface area contributed by atoms with Crippen molar-refractivity contribution in [1.82, 2.24) is 0 Å². The molecule has 0 N–H and O–H groups in total. The molecule has 4 nitrogen and oxygen atoms in total. The zero-order valence-electron chi connectivity index (χ0n) is 32.4. The summed E-state index contributed by atoms with van der Waals surface area (Å²) in [4.78, 5) is 26.0. The number of unbranched alkanes of at least 4 members (excludes halogenated alkanes) is 4. The van der Waals surface area contributed by atoms with Crippen LogP contribution in [0.15, 0.2) is 140 Å². The van der Waals surface area contributed by atoms with Gasteiger partial charge in [0, 0.05) is 0 Å². The van der Waals surface area contributed by atoms with Gasteiger partial charge in [0.05, 0.1) is 5.56 Å². The van der Waals surface area contributed by atoms with Gasteiger partial charge < -0.3 is 4.74 Å². The summed E-state index contributed by atoms with van der Waals surface area (Å²) in [6.45, 7) is 6.33. The highest BCUT2D eigenvalue weighted by Gasteiger charge is 2.31. The predicted octanol–water partition coefficient (Wildman–Crippen LogP) is 13.9. The second-order valence-corrected chi connectivity index (χ2v) is 14.9. The molecule has 1 fully saturated rings. The van der Waals surface area contributed by atoms with Gasteiger partial charge in [-0.2, -0.15) is 0 Å². The minimum atomic E-state index is -0.749. The lowest BCUT2D eigenvalue weighted by atomic mass is 9.77. The highest BCUT2D eigenvalue weighted by atomic mass is 17.2. The van der Waals surface area contributed by atoms with Crippen LogP contribution in [0.1, 0.15) is 139 Å². The van der Waals surface area contributed by atoms with E-state index < -0.39 is 18.2 Å². The van der Waals surface area contributed by atoms with Crippen molar-refractivity contribution in [2.24, 2.45) is 5.92 Å². The van der Waals surface area contributed by atoms with Crippen molar-refractivity contribution in [3.63, 3.8) is 0 Å². The second kappa shape index (κ2) is 21.2. The molecule has 0 radical (unpaired) electrons. The van der Waals surface area contributed by atoms with Gasteiger partial charge in [-0.25, -0.2) is 14.6 Å². The van der Waals surface area contributed by atoms with E-state index in [-0.39, 0.29) is 6.61 Å². The van der Waals surface area contributed by atoms with Crippen molar-refractivity contribution in [3.8, 4) is 0 Å². The number of carbonyl (C=O) groups excluding carboxylic acids is 1. The number of rotatable bonds is 19. The maximum Gasteiger partial charge on any atom is 0.338 e. The number of esters is 1. The van der Waals surface area contributed by atoms with Gasteiger partial charge in [0.15, 0.2) is 12.2 Å². The fraction of sp³-hybridized carbons (Fsp3) is 0.314. The maximum absolute atomic E-state index is 13.8. The topological polar surface area (TPSA) is 44.8 Å². The second-order valence-electron chi connectivity index (χ2n) is 14.9. The van der Waals surface area contributed by atoms with Crippen LogP contribution in [0.4, 0.5) is 0 Å². The van der Waals surface area contributed by atoms with Crippen LogP contribution in [0.25, 0.3) is 18.2 Å². The Balaban J connectivity index is 1.08. The van der Waals surface area contributed by atoms with Gasteiger partial charge in [-0.1, -0.05) is 192 Å². The van der Waals surface area contributed by atoms with Crippen molar-refractivity contribution in [1.29, 1.82) is 0 Å². The Kier molecular flexibility index (Phi) is 15.3. The maximum atomic E-state index is 13.8. The van der Waals surface area contributed by atoms with Crippen molar-refractivity contribution in [3.05, 3.63) is 185 Å². The molecule has 6 rings (SSSR count). The first-order valence-corrected chi connectivity index (χ1v) is 20.3. The van der Waals surface area contributed by atoms with Crippen LogP contribution in [0.3, 0.4) is 0 Å². The summed E-state index contributed by atoms with van der Waals surface area (Å²) in [6.07, 6.45) is 17.8. The van der Waals surface area contributed by atoms with E-state index >= 15 is 0 Å². The Labute approximate surface area is 328 Å². The van der Waals surface area contributed by atoms with Crippen molar-refractivity contribution in [2.75, 3.05) is 0 Å². The van der Waals surface area contributed by atoms with E-state index in [1.807, 2.05) is 91.0 Å². The van der Waals surface area contributed by atoms with Crippen LogP contribution in [0, 0.1) is 5.92 Å².